The van der Waals surface area contributed by atoms with Gasteiger partial charge in [0.25, 0.3) is 10.2 Å². The molecule has 0 aliphatic carbocycles. The fourth-order valence-electron chi connectivity index (χ4n) is 2.20. The van der Waals surface area contributed by atoms with E-state index in [2.05, 4.69) is 4.72 Å². The van der Waals surface area contributed by atoms with Crippen molar-refractivity contribution >= 4 is 25.9 Å². The van der Waals surface area contributed by atoms with Crippen molar-refractivity contribution < 1.29 is 16.8 Å². The normalized spacial score (nSPS) is 13.3. The molecule has 0 aromatic heterocycles. The number of hydrogen-bond acceptors (Lipinski definition) is 4. The van der Waals surface area contributed by atoms with Gasteiger partial charge in [0, 0.05) is 27.2 Å². The number of nitrogens with zero attached hydrogens (tertiary/aromatic N) is 2. The number of benzene rings is 1. The number of sulfonamides is 1. The van der Waals surface area contributed by atoms with E-state index in [0.29, 0.717) is 5.69 Å². The van der Waals surface area contributed by atoms with E-state index in [1.165, 1.54) is 18.4 Å². The Morgan fingerprint density at radius 1 is 1.04 bits per heavy atom. The Balaban J connectivity index is 3.15. The third kappa shape index (κ3) is 5.44. The Morgan fingerprint density at radius 3 is 2.04 bits per heavy atom. The molecular formula is C15H27N3O4S2. The lowest BCUT2D eigenvalue weighted by Gasteiger charge is -2.30. The smallest absolute Gasteiger partial charge is 0.269 e. The molecule has 0 unspecified atom stereocenters. The van der Waals surface area contributed by atoms with Crippen LogP contribution in [0.1, 0.15) is 26.3 Å². The van der Waals surface area contributed by atoms with Crippen LogP contribution in [0.15, 0.2) is 24.3 Å². The van der Waals surface area contributed by atoms with Crippen LogP contribution in [0.4, 0.5) is 5.69 Å². The molecule has 0 bridgehead atoms. The molecule has 24 heavy (non-hydrogen) atoms. The van der Waals surface area contributed by atoms with Gasteiger partial charge in [0.1, 0.15) is 0 Å². The van der Waals surface area contributed by atoms with Gasteiger partial charge >= 0.3 is 0 Å². The van der Waals surface area contributed by atoms with E-state index in [1.807, 2.05) is 32.9 Å². The number of para-hydroxylation sites is 1. The number of anilines is 1. The monoisotopic (exact) mass is 377 g/mol. The van der Waals surface area contributed by atoms with Crippen LogP contribution in [0, 0.1) is 0 Å². The maximum Gasteiger partial charge on any atom is 0.278 e. The second-order valence-electron chi connectivity index (χ2n) is 6.78. The summed E-state index contributed by atoms with van der Waals surface area (Å²) in [7, 11) is -4.34. The van der Waals surface area contributed by atoms with Crippen LogP contribution in [0.25, 0.3) is 0 Å². The Kier molecular flexibility index (Phi) is 6.43. The van der Waals surface area contributed by atoms with Gasteiger partial charge in [0.15, 0.2) is 0 Å². The van der Waals surface area contributed by atoms with Gasteiger partial charge < -0.3 is 0 Å². The summed E-state index contributed by atoms with van der Waals surface area (Å²) >= 11 is 0. The number of rotatable bonds is 7. The van der Waals surface area contributed by atoms with E-state index < -0.39 is 20.2 Å². The van der Waals surface area contributed by atoms with E-state index in [-0.39, 0.29) is 18.5 Å². The molecule has 0 aliphatic heterocycles. The van der Waals surface area contributed by atoms with Crippen molar-refractivity contribution in [3.8, 4) is 0 Å². The first-order valence-electron chi connectivity index (χ1n) is 7.51. The van der Waals surface area contributed by atoms with Gasteiger partial charge in [-0.3, -0.25) is 4.31 Å². The minimum absolute atomic E-state index is 0.0129. The van der Waals surface area contributed by atoms with Crippen molar-refractivity contribution in [2.75, 3.05) is 37.7 Å². The van der Waals surface area contributed by atoms with Crippen molar-refractivity contribution in [2.45, 2.75) is 26.2 Å². The van der Waals surface area contributed by atoms with Gasteiger partial charge in [-0.25, -0.2) is 13.1 Å². The molecule has 1 aromatic carbocycles. The molecule has 0 radical (unpaired) electrons. The summed E-state index contributed by atoms with van der Waals surface area (Å²) in [6.07, 6.45) is 1.12. The zero-order valence-electron chi connectivity index (χ0n) is 15.1. The summed E-state index contributed by atoms with van der Waals surface area (Å²) < 4.78 is 52.7. The second-order valence-corrected chi connectivity index (χ2v) is 10.7. The fourth-order valence-corrected chi connectivity index (χ4v) is 3.74. The first kappa shape index (κ1) is 20.9. The molecule has 0 aliphatic rings. The lowest BCUT2D eigenvalue weighted by molar-refractivity contribution is 0.506. The molecule has 1 N–H and O–H groups in total. The highest BCUT2D eigenvalue weighted by molar-refractivity contribution is 7.92. The summed E-state index contributed by atoms with van der Waals surface area (Å²) in [5.74, 6) is 0. The predicted molar refractivity (Wildman–Crippen MR) is 97.9 cm³/mol. The average Bonchev–Trinajstić information content (AvgIpc) is 2.41. The first-order valence-corrected chi connectivity index (χ1v) is 10.8. The summed E-state index contributed by atoms with van der Waals surface area (Å²) in [6, 6.07) is 7.26. The minimum Gasteiger partial charge on any atom is -0.269 e. The molecule has 0 saturated heterocycles. The summed E-state index contributed by atoms with van der Waals surface area (Å²) in [5, 5.41) is 0. The van der Waals surface area contributed by atoms with Crippen LogP contribution in [0.5, 0.6) is 0 Å². The fraction of sp³-hybridized carbons (Fsp3) is 0.600. The van der Waals surface area contributed by atoms with Gasteiger partial charge in [-0.1, -0.05) is 39.0 Å². The molecule has 0 amide bonds. The van der Waals surface area contributed by atoms with Gasteiger partial charge in [0.2, 0.25) is 10.0 Å². The van der Waals surface area contributed by atoms with Crippen LogP contribution >= 0.6 is 0 Å². The third-order valence-corrected chi connectivity index (χ3v) is 6.17. The molecule has 0 heterocycles. The van der Waals surface area contributed by atoms with Crippen LogP contribution < -0.4 is 9.03 Å². The van der Waals surface area contributed by atoms with Crippen LogP contribution in [0.3, 0.4) is 0 Å². The topological polar surface area (TPSA) is 86.8 Å². The largest absolute Gasteiger partial charge is 0.278 e. The maximum atomic E-state index is 12.2. The van der Waals surface area contributed by atoms with E-state index in [0.717, 1.165) is 16.1 Å². The van der Waals surface area contributed by atoms with Gasteiger partial charge in [-0.2, -0.15) is 12.7 Å². The zero-order chi connectivity index (χ0) is 18.8. The average molecular weight is 378 g/mol. The molecule has 138 valence electrons. The Bertz CT molecular complexity index is 766. The molecule has 0 atom stereocenters. The quantitative estimate of drug-likeness (QED) is 0.772. The summed E-state index contributed by atoms with van der Waals surface area (Å²) in [5.41, 5.74) is 1.20. The number of hydrogen-bond donors (Lipinski definition) is 1. The molecule has 0 saturated carbocycles. The third-order valence-electron chi connectivity index (χ3n) is 3.46. The molecule has 7 nitrogen and oxygen atoms in total. The van der Waals surface area contributed by atoms with Crippen LogP contribution in [0.2, 0.25) is 0 Å². The second kappa shape index (κ2) is 7.38. The van der Waals surface area contributed by atoms with Crippen molar-refractivity contribution in [2.24, 2.45) is 0 Å². The molecule has 1 rings (SSSR count). The standard InChI is InChI=1S/C15H27N3O4S2/c1-15(2,3)13-9-7-8-10-14(13)18(23(6,19)20)12-11-16-24(21,22)17(4)5/h7-10,16H,11-12H2,1-6H3. The Labute approximate surface area is 145 Å². The minimum atomic E-state index is -3.60. The predicted octanol–water partition coefficient (Wildman–Crippen LogP) is 1.15. The molecule has 0 spiro atoms. The SMILES string of the molecule is CN(C)S(=O)(=O)NCCN(c1ccccc1C(C)(C)C)S(C)(=O)=O. The highest BCUT2D eigenvalue weighted by atomic mass is 32.2. The lowest BCUT2D eigenvalue weighted by Crippen LogP contribution is -2.42. The Hall–Kier alpha value is -1.16. The Morgan fingerprint density at radius 2 is 1.58 bits per heavy atom. The summed E-state index contributed by atoms with van der Waals surface area (Å²) in [6.45, 7) is 5.99. The summed E-state index contributed by atoms with van der Waals surface area (Å²) in [4.78, 5) is 0. The van der Waals surface area contributed by atoms with Crippen LogP contribution in [-0.2, 0) is 25.6 Å². The van der Waals surface area contributed by atoms with Gasteiger partial charge in [-0.15, -0.1) is 0 Å². The van der Waals surface area contributed by atoms with Crippen molar-refractivity contribution in [3.63, 3.8) is 0 Å². The molecule has 9 heteroatoms. The highest BCUT2D eigenvalue weighted by Crippen LogP contribution is 2.32. The number of nitrogens with one attached hydrogen (secondary N) is 1. The molecular weight excluding hydrogens is 350 g/mol. The van der Waals surface area contributed by atoms with Gasteiger partial charge in [0.05, 0.1) is 11.9 Å². The lowest BCUT2D eigenvalue weighted by atomic mass is 9.86. The maximum absolute atomic E-state index is 12.2. The van der Waals surface area contributed by atoms with Crippen molar-refractivity contribution in [3.05, 3.63) is 29.8 Å². The molecule has 0 fully saturated rings. The van der Waals surface area contributed by atoms with Crippen LogP contribution in [-0.4, -0.2) is 54.6 Å². The van der Waals surface area contributed by atoms with E-state index in [9.17, 15) is 16.8 Å². The van der Waals surface area contributed by atoms with Crippen molar-refractivity contribution in [1.82, 2.24) is 9.03 Å². The molecule has 1 aromatic rings. The highest BCUT2D eigenvalue weighted by Gasteiger charge is 2.25. The zero-order valence-corrected chi connectivity index (χ0v) is 16.7. The van der Waals surface area contributed by atoms with E-state index >= 15 is 0 Å². The first-order chi connectivity index (χ1) is 10.8. The van der Waals surface area contributed by atoms with E-state index in [4.69, 9.17) is 0 Å². The van der Waals surface area contributed by atoms with Crippen molar-refractivity contribution in [1.29, 1.82) is 0 Å². The van der Waals surface area contributed by atoms with Gasteiger partial charge in [-0.05, 0) is 17.0 Å². The van der Waals surface area contributed by atoms with E-state index in [1.54, 1.807) is 12.1 Å².